The van der Waals surface area contributed by atoms with Gasteiger partial charge in [0.15, 0.2) is 0 Å². The summed E-state index contributed by atoms with van der Waals surface area (Å²) in [6, 6.07) is 22.1. The molecule has 0 fully saturated rings. The predicted molar refractivity (Wildman–Crippen MR) is 108 cm³/mol. The lowest BCUT2D eigenvalue weighted by molar-refractivity contribution is 0.102. The average Bonchev–Trinajstić information content (AvgIpc) is 2.75. The maximum absolute atomic E-state index is 12.4. The zero-order valence-corrected chi connectivity index (χ0v) is 14.8. The molecule has 2 N–H and O–H groups in total. The lowest BCUT2D eigenvalue weighted by Gasteiger charge is -2.10. The van der Waals surface area contributed by atoms with Crippen LogP contribution in [0.1, 0.15) is 16.1 Å². The number of aromatic nitrogens is 2. The van der Waals surface area contributed by atoms with E-state index in [1.54, 1.807) is 48.8 Å². The maximum Gasteiger partial charge on any atom is 0.274 e. The lowest BCUT2D eigenvalue weighted by Crippen LogP contribution is -2.14. The zero-order valence-electron chi connectivity index (χ0n) is 14.8. The van der Waals surface area contributed by atoms with E-state index < -0.39 is 0 Å². The molecule has 0 aliphatic rings. The monoisotopic (exact) mass is 365 g/mol. The third-order valence-electron chi connectivity index (χ3n) is 4.20. The van der Waals surface area contributed by atoms with Crippen molar-refractivity contribution < 1.29 is 4.79 Å². The van der Waals surface area contributed by atoms with Crippen molar-refractivity contribution in [2.75, 3.05) is 10.6 Å². The summed E-state index contributed by atoms with van der Waals surface area (Å²) in [5.41, 5.74) is 3.58. The predicted octanol–water partition coefficient (Wildman–Crippen LogP) is 4.50. The molecule has 0 spiro atoms. The number of nitrogens with zero attached hydrogens (tertiary/aromatic N) is 3. The van der Waals surface area contributed by atoms with E-state index in [1.807, 2.05) is 30.3 Å². The first-order chi connectivity index (χ1) is 13.7. The Morgan fingerprint density at radius 1 is 0.893 bits per heavy atom. The van der Waals surface area contributed by atoms with E-state index in [0.717, 1.165) is 22.3 Å². The fourth-order valence-corrected chi connectivity index (χ4v) is 2.84. The summed E-state index contributed by atoms with van der Waals surface area (Å²) in [6.07, 6.45) is 3.34. The van der Waals surface area contributed by atoms with Gasteiger partial charge in [0.05, 0.1) is 34.3 Å². The van der Waals surface area contributed by atoms with Gasteiger partial charge in [0, 0.05) is 11.6 Å². The molecule has 4 rings (SSSR count). The van der Waals surface area contributed by atoms with Crippen LogP contribution in [0.4, 0.5) is 17.1 Å². The molecule has 0 radical (unpaired) electrons. The Kier molecular flexibility index (Phi) is 4.64. The lowest BCUT2D eigenvalue weighted by atomic mass is 10.2. The highest BCUT2D eigenvalue weighted by molar-refractivity contribution is 6.03. The molecule has 2 aromatic heterocycles. The number of fused-ring (bicyclic) bond motifs is 1. The highest BCUT2D eigenvalue weighted by atomic mass is 16.1. The molecule has 6 nitrogen and oxygen atoms in total. The van der Waals surface area contributed by atoms with Gasteiger partial charge in [-0.25, -0.2) is 4.98 Å². The first kappa shape index (κ1) is 17.2. The summed E-state index contributed by atoms with van der Waals surface area (Å²) in [5, 5.41) is 16.2. The van der Waals surface area contributed by atoms with Crippen molar-refractivity contribution in [1.29, 1.82) is 5.26 Å². The van der Waals surface area contributed by atoms with Gasteiger partial charge in [-0.1, -0.05) is 30.3 Å². The molecule has 1 amide bonds. The van der Waals surface area contributed by atoms with Gasteiger partial charge < -0.3 is 10.6 Å². The smallest absolute Gasteiger partial charge is 0.274 e. The van der Waals surface area contributed by atoms with Crippen LogP contribution in [0.15, 0.2) is 79.1 Å². The number of pyridine rings is 2. The first-order valence-electron chi connectivity index (χ1n) is 8.62. The summed E-state index contributed by atoms with van der Waals surface area (Å²) >= 11 is 0. The maximum atomic E-state index is 12.4. The Balaban J connectivity index is 1.52. The Morgan fingerprint density at radius 2 is 1.71 bits per heavy atom. The number of hydrogen-bond donors (Lipinski definition) is 2. The van der Waals surface area contributed by atoms with Crippen molar-refractivity contribution in [1.82, 2.24) is 9.97 Å². The van der Waals surface area contributed by atoms with Gasteiger partial charge in [0.2, 0.25) is 0 Å². The van der Waals surface area contributed by atoms with E-state index in [1.165, 1.54) is 0 Å². The van der Waals surface area contributed by atoms with Crippen molar-refractivity contribution in [2.24, 2.45) is 0 Å². The number of carbonyl (C=O) groups is 1. The minimum Gasteiger partial charge on any atom is -0.352 e. The standard InChI is InChI=1S/C22H15N5O/c23-13-16-5-1-2-8-18(16)27-22(28)20-11-10-17(14-25-20)26-19-9-3-6-15-7-4-12-24-21(15)19/h1-12,14,26H,(H,27,28). The first-order valence-corrected chi connectivity index (χ1v) is 8.62. The van der Waals surface area contributed by atoms with E-state index in [2.05, 4.69) is 26.7 Å². The molecule has 0 saturated carbocycles. The van der Waals surface area contributed by atoms with Gasteiger partial charge in [0.1, 0.15) is 11.8 Å². The Bertz CT molecular complexity index is 1190. The molecule has 0 aliphatic carbocycles. The van der Waals surface area contributed by atoms with Crippen LogP contribution < -0.4 is 10.6 Å². The second-order valence-corrected chi connectivity index (χ2v) is 6.05. The number of nitriles is 1. The number of hydrogen-bond acceptors (Lipinski definition) is 5. The number of amides is 1. The van der Waals surface area contributed by atoms with E-state index >= 15 is 0 Å². The van der Waals surface area contributed by atoms with Crippen LogP contribution in [0, 0.1) is 11.3 Å². The molecule has 2 heterocycles. The molecular weight excluding hydrogens is 350 g/mol. The minimum atomic E-state index is -0.374. The molecule has 0 atom stereocenters. The summed E-state index contributed by atoms with van der Waals surface area (Å²) in [7, 11) is 0. The van der Waals surface area contributed by atoms with Crippen molar-refractivity contribution in [3.8, 4) is 6.07 Å². The molecule has 134 valence electrons. The SMILES string of the molecule is N#Cc1ccccc1NC(=O)c1ccc(Nc2cccc3cccnc23)cn1. The fraction of sp³-hybridized carbons (Fsp3) is 0. The topological polar surface area (TPSA) is 90.7 Å². The fourth-order valence-electron chi connectivity index (χ4n) is 2.84. The molecule has 6 heteroatoms. The Morgan fingerprint density at radius 3 is 2.54 bits per heavy atom. The number of benzene rings is 2. The number of carbonyl (C=O) groups excluding carboxylic acids is 1. The van der Waals surface area contributed by atoms with Crippen LogP contribution in [-0.4, -0.2) is 15.9 Å². The largest absolute Gasteiger partial charge is 0.352 e. The summed E-state index contributed by atoms with van der Waals surface area (Å²) in [5.74, 6) is -0.374. The molecule has 28 heavy (non-hydrogen) atoms. The van der Waals surface area contributed by atoms with Crippen molar-refractivity contribution >= 4 is 33.9 Å². The summed E-state index contributed by atoms with van der Waals surface area (Å²) in [4.78, 5) is 21.1. The van der Waals surface area contributed by atoms with Gasteiger partial charge in [-0.2, -0.15) is 5.26 Å². The minimum absolute atomic E-state index is 0.259. The summed E-state index contributed by atoms with van der Waals surface area (Å²) in [6.45, 7) is 0. The normalized spacial score (nSPS) is 10.2. The van der Waals surface area contributed by atoms with E-state index in [-0.39, 0.29) is 11.6 Å². The van der Waals surface area contributed by atoms with Crippen LogP contribution >= 0.6 is 0 Å². The van der Waals surface area contributed by atoms with Gasteiger partial charge in [-0.3, -0.25) is 9.78 Å². The molecular formula is C22H15N5O. The summed E-state index contributed by atoms with van der Waals surface area (Å²) < 4.78 is 0. The third kappa shape index (κ3) is 3.50. The number of nitrogens with one attached hydrogen (secondary N) is 2. The Hall–Kier alpha value is -4.24. The number of rotatable bonds is 4. The van der Waals surface area contributed by atoms with E-state index in [4.69, 9.17) is 5.26 Å². The quantitative estimate of drug-likeness (QED) is 0.556. The number of anilines is 3. The van der Waals surface area contributed by atoms with Crippen LogP contribution in [0.25, 0.3) is 10.9 Å². The highest BCUT2D eigenvalue weighted by Gasteiger charge is 2.10. The Labute approximate surface area is 161 Å². The second-order valence-electron chi connectivity index (χ2n) is 6.05. The van der Waals surface area contributed by atoms with Crippen LogP contribution in [0.2, 0.25) is 0 Å². The average molecular weight is 365 g/mol. The van der Waals surface area contributed by atoms with Crippen LogP contribution in [-0.2, 0) is 0 Å². The molecule has 2 aromatic carbocycles. The van der Waals surface area contributed by atoms with Crippen molar-refractivity contribution in [3.05, 3.63) is 90.4 Å². The van der Waals surface area contributed by atoms with Crippen molar-refractivity contribution in [3.63, 3.8) is 0 Å². The molecule has 0 aliphatic heterocycles. The van der Waals surface area contributed by atoms with Gasteiger partial charge in [0.25, 0.3) is 5.91 Å². The molecule has 0 saturated heterocycles. The van der Waals surface area contributed by atoms with Crippen LogP contribution in [0.5, 0.6) is 0 Å². The zero-order chi connectivity index (χ0) is 19.3. The second kappa shape index (κ2) is 7.56. The molecule has 0 bridgehead atoms. The molecule has 4 aromatic rings. The van der Waals surface area contributed by atoms with E-state index in [9.17, 15) is 4.79 Å². The van der Waals surface area contributed by atoms with Crippen molar-refractivity contribution in [2.45, 2.75) is 0 Å². The van der Waals surface area contributed by atoms with Gasteiger partial charge in [-0.15, -0.1) is 0 Å². The van der Waals surface area contributed by atoms with Gasteiger partial charge >= 0.3 is 0 Å². The molecule has 0 unspecified atom stereocenters. The third-order valence-corrected chi connectivity index (χ3v) is 4.20. The van der Waals surface area contributed by atoms with E-state index in [0.29, 0.717) is 11.3 Å². The van der Waals surface area contributed by atoms with Gasteiger partial charge in [-0.05, 0) is 36.4 Å². The highest BCUT2D eigenvalue weighted by Crippen LogP contribution is 2.24. The number of para-hydroxylation sites is 2. The van der Waals surface area contributed by atoms with Crippen LogP contribution in [0.3, 0.4) is 0 Å².